The van der Waals surface area contributed by atoms with Gasteiger partial charge < -0.3 is 9.32 Å². The van der Waals surface area contributed by atoms with Crippen LogP contribution in [0.25, 0.3) is 11.5 Å². The van der Waals surface area contributed by atoms with Crippen LogP contribution in [0.2, 0.25) is 5.02 Å². The first-order valence-electron chi connectivity index (χ1n) is 10.8. The minimum Gasteiger partial charge on any atom is -0.441 e. The number of benzene rings is 1. The van der Waals surface area contributed by atoms with Crippen LogP contribution in [0.5, 0.6) is 0 Å². The summed E-state index contributed by atoms with van der Waals surface area (Å²) in [6.07, 6.45) is 5.12. The zero-order valence-corrected chi connectivity index (χ0v) is 19.8. The molecule has 1 aromatic carbocycles. The van der Waals surface area contributed by atoms with Gasteiger partial charge in [-0.05, 0) is 24.5 Å². The number of piperidine rings is 1. The van der Waals surface area contributed by atoms with Crippen LogP contribution in [0, 0.1) is 5.92 Å². The number of anilines is 1. The second-order valence-corrected chi connectivity index (χ2v) is 10.1. The lowest BCUT2D eigenvalue weighted by Gasteiger charge is -2.32. The number of nitrogens with one attached hydrogen (secondary N) is 1. The number of halogens is 1. The Hall–Kier alpha value is -2.91. The van der Waals surface area contributed by atoms with Crippen molar-refractivity contribution in [3.8, 4) is 11.5 Å². The Balaban J connectivity index is 1.35. The number of nitrogens with zero attached hydrogens (tertiary/aromatic N) is 3. The lowest BCUT2D eigenvalue weighted by Crippen LogP contribution is -2.43. The average Bonchev–Trinajstić information content (AvgIpc) is 3.28. The first-order valence-corrected chi connectivity index (χ1v) is 12.8. The predicted molar refractivity (Wildman–Crippen MR) is 126 cm³/mol. The molecular formula is C23H25ClN4O4S. The quantitative estimate of drug-likeness (QED) is 0.539. The van der Waals surface area contributed by atoms with Crippen LogP contribution < -0.4 is 9.62 Å². The molecular weight excluding hydrogens is 464 g/mol. The molecule has 1 saturated heterocycles. The molecule has 0 bridgehead atoms. The van der Waals surface area contributed by atoms with E-state index in [0.717, 1.165) is 12.2 Å². The number of carbonyl (C=O) groups is 1. The number of oxazole rings is 1. The van der Waals surface area contributed by atoms with Gasteiger partial charge >= 0.3 is 0 Å². The van der Waals surface area contributed by atoms with Gasteiger partial charge in [0, 0.05) is 31.6 Å². The lowest BCUT2D eigenvalue weighted by atomic mass is 9.96. The minimum atomic E-state index is -3.75. The fraction of sp³-hybridized carbons (Fsp3) is 0.348. The molecule has 10 heteroatoms. The van der Waals surface area contributed by atoms with Gasteiger partial charge in [-0.3, -0.25) is 9.52 Å². The van der Waals surface area contributed by atoms with Crippen LogP contribution in [-0.4, -0.2) is 37.4 Å². The SMILES string of the molecule is CCc1cnc(-c2cnc(N3CCC(C(=O)NS(=O)(=O)Cc4ccccc4)CC3)c(Cl)c2)o1. The maximum absolute atomic E-state index is 12.6. The molecule has 3 aromatic rings. The summed E-state index contributed by atoms with van der Waals surface area (Å²) in [6.45, 7) is 3.07. The summed E-state index contributed by atoms with van der Waals surface area (Å²) >= 11 is 6.48. The normalized spacial score (nSPS) is 14.9. The van der Waals surface area contributed by atoms with Gasteiger partial charge in [0.1, 0.15) is 11.6 Å². The fourth-order valence-electron chi connectivity index (χ4n) is 3.80. The number of pyridine rings is 1. The summed E-state index contributed by atoms with van der Waals surface area (Å²) in [4.78, 5) is 23.3. The molecule has 33 heavy (non-hydrogen) atoms. The van der Waals surface area contributed by atoms with Crippen molar-refractivity contribution >= 4 is 33.3 Å². The molecule has 8 nitrogen and oxygen atoms in total. The van der Waals surface area contributed by atoms with E-state index in [1.54, 1.807) is 42.7 Å². The van der Waals surface area contributed by atoms with Crippen molar-refractivity contribution in [2.45, 2.75) is 31.9 Å². The zero-order chi connectivity index (χ0) is 23.4. The van der Waals surface area contributed by atoms with Gasteiger partial charge in [-0.15, -0.1) is 0 Å². The number of hydrogen-bond acceptors (Lipinski definition) is 7. The second kappa shape index (κ2) is 9.93. The number of amides is 1. The molecule has 174 valence electrons. The maximum Gasteiger partial charge on any atom is 0.239 e. The van der Waals surface area contributed by atoms with Gasteiger partial charge in [0.25, 0.3) is 0 Å². The van der Waals surface area contributed by atoms with Crippen LogP contribution in [0.3, 0.4) is 0 Å². The molecule has 1 N–H and O–H groups in total. The van der Waals surface area contributed by atoms with Crippen molar-refractivity contribution in [3.63, 3.8) is 0 Å². The Morgan fingerprint density at radius 1 is 1.18 bits per heavy atom. The van der Waals surface area contributed by atoms with Gasteiger partial charge in [0.15, 0.2) is 0 Å². The van der Waals surface area contributed by atoms with E-state index in [1.165, 1.54) is 0 Å². The van der Waals surface area contributed by atoms with Crippen LogP contribution >= 0.6 is 11.6 Å². The van der Waals surface area contributed by atoms with Crippen LogP contribution in [0.1, 0.15) is 31.1 Å². The van der Waals surface area contributed by atoms with Crippen molar-refractivity contribution < 1.29 is 17.6 Å². The topological polar surface area (TPSA) is 105 Å². The van der Waals surface area contributed by atoms with Crippen molar-refractivity contribution in [1.29, 1.82) is 0 Å². The van der Waals surface area contributed by atoms with Crippen molar-refractivity contribution in [2.24, 2.45) is 5.92 Å². The molecule has 0 spiro atoms. The monoisotopic (exact) mass is 488 g/mol. The number of aryl methyl sites for hydroxylation is 1. The Bertz CT molecular complexity index is 1220. The lowest BCUT2D eigenvalue weighted by molar-refractivity contribution is -0.123. The van der Waals surface area contributed by atoms with Gasteiger partial charge in [0.2, 0.25) is 21.8 Å². The van der Waals surface area contributed by atoms with E-state index in [9.17, 15) is 13.2 Å². The Labute approximate surface area is 198 Å². The first-order chi connectivity index (χ1) is 15.8. The van der Waals surface area contributed by atoms with Crippen molar-refractivity contribution in [1.82, 2.24) is 14.7 Å². The molecule has 1 amide bonds. The Kier molecular flexibility index (Phi) is 6.99. The molecule has 4 rings (SSSR count). The number of sulfonamides is 1. The zero-order valence-electron chi connectivity index (χ0n) is 18.2. The molecule has 1 fully saturated rings. The van der Waals surface area contributed by atoms with Crippen molar-refractivity contribution in [2.75, 3.05) is 18.0 Å². The van der Waals surface area contributed by atoms with E-state index in [4.69, 9.17) is 16.0 Å². The molecule has 0 atom stereocenters. The summed E-state index contributed by atoms with van der Waals surface area (Å²) in [6, 6.07) is 10.5. The third-order valence-electron chi connectivity index (χ3n) is 5.59. The highest BCUT2D eigenvalue weighted by atomic mass is 35.5. The van der Waals surface area contributed by atoms with E-state index < -0.39 is 15.9 Å². The highest BCUT2D eigenvalue weighted by Crippen LogP contribution is 2.31. The molecule has 2 aromatic heterocycles. The van der Waals surface area contributed by atoms with Crippen LogP contribution in [0.15, 0.2) is 53.2 Å². The molecule has 0 saturated carbocycles. The second-order valence-electron chi connectivity index (χ2n) is 7.99. The van der Waals surface area contributed by atoms with Gasteiger partial charge in [-0.2, -0.15) is 0 Å². The van der Waals surface area contributed by atoms with Gasteiger partial charge in [-0.1, -0.05) is 48.9 Å². The number of rotatable bonds is 7. The number of carbonyl (C=O) groups excluding carboxylic acids is 1. The summed E-state index contributed by atoms with van der Waals surface area (Å²) in [5, 5.41) is 0.470. The van der Waals surface area contributed by atoms with E-state index >= 15 is 0 Å². The van der Waals surface area contributed by atoms with Crippen LogP contribution in [0.4, 0.5) is 5.82 Å². The standard InChI is InChI=1S/C23H25ClN4O4S/c1-2-19-14-26-23(32-19)18-12-20(24)21(25-13-18)28-10-8-17(9-11-28)22(29)27-33(30,31)15-16-6-4-3-5-7-16/h3-7,12-14,17H,2,8-11,15H2,1H3,(H,27,29). The predicted octanol–water partition coefficient (Wildman–Crippen LogP) is 3.82. The molecule has 0 radical (unpaired) electrons. The largest absolute Gasteiger partial charge is 0.441 e. The van der Waals surface area contributed by atoms with E-state index in [-0.39, 0.29) is 11.7 Å². The third kappa shape index (κ3) is 5.72. The number of hydrogen-bond donors (Lipinski definition) is 1. The van der Waals surface area contributed by atoms with E-state index in [2.05, 4.69) is 14.7 Å². The molecule has 3 heterocycles. The smallest absolute Gasteiger partial charge is 0.239 e. The number of aromatic nitrogens is 2. The molecule has 0 unspecified atom stereocenters. The van der Waals surface area contributed by atoms with Crippen LogP contribution in [-0.2, 0) is 27.0 Å². The third-order valence-corrected chi connectivity index (χ3v) is 7.10. The molecule has 1 aliphatic heterocycles. The average molecular weight is 489 g/mol. The fourth-order valence-corrected chi connectivity index (χ4v) is 5.27. The first kappa shape index (κ1) is 23.3. The Morgan fingerprint density at radius 3 is 2.55 bits per heavy atom. The highest BCUT2D eigenvalue weighted by molar-refractivity contribution is 7.89. The Morgan fingerprint density at radius 2 is 1.91 bits per heavy atom. The highest BCUT2D eigenvalue weighted by Gasteiger charge is 2.29. The van der Waals surface area contributed by atoms with Crippen molar-refractivity contribution in [3.05, 3.63) is 65.1 Å². The maximum atomic E-state index is 12.6. The minimum absolute atomic E-state index is 0.228. The summed E-state index contributed by atoms with van der Waals surface area (Å²) in [7, 11) is -3.75. The molecule has 0 aliphatic carbocycles. The summed E-state index contributed by atoms with van der Waals surface area (Å²) in [5.41, 5.74) is 1.33. The molecule has 1 aliphatic rings. The summed E-state index contributed by atoms with van der Waals surface area (Å²) in [5.74, 6) is 0.809. The van der Waals surface area contributed by atoms with Gasteiger partial charge in [-0.25, -0.2) is 18.4 Å². The summed E-state index contributed by atoms with van der Waals surface area (Å²) < 4.78 is 32.6. The van der Waals surface area contributed by atoms with E-state index in [0.29, 0.717) is 53.8 Å². The van der Waals surface area contributed by atoms with E-state index in [1.807, 2.05) is 17.9 Å². The van der Waals surface area contributed by atoms with Gasteiger partial charge in [0.05, 0.1) is 22.5 Å².